The van der Waals surface area contributed by atoms with Crippen LogP contribution in [0.3, 0.4) is 0 Å². The van der Waals surface area contributed by atoms with Crippen LogP contribution in [0.5, 0.6) is 0 Å². The molecule has 25 rings (SSSR count). The molecule has 0 amide bonds. The minimum absolute atomic E-state index is 0.170. The molecule has 0 radical (unpaired) electrons. The van der Waals surface area contributed by atoms with Gasteiger partial charge in [0.05, 0.1) is 21.5 Å². The van der Waals surface area contributed by atoms with E-state index >= 15 is 0 Å². The summed E-state index contributed by atoms with van der Waals surface area (Å²) >= 11 is 0. The van der Waals surface area contributed by atoms with Gasteiger partial charge in [-0.1, -0.05) is 284 Å². The van der Waals surface area contributed by atoms with E-state index in [1.807, 2.05) is 0 Å². The van der Waals surface area contributed by atoms with Crippen molar-refractivity contribution < 1.29 is 18.3 Å². The van der Waals surface area contributed by atoms with E-state index in [-0.39, 0.29) is 10.8 Å². The van der Waals surface area contributed by atoms with E-state index in [1.165, 1.54) is 257 Å². The number of aromatic nitrogens is 8. The zero-order chi connectivity index (χ0) is 82.2. The molecule has 0 spiro atoms. The molecule has 0 N–H and O–H groups in total. The Morgan fingerprint density at radius 2 is 0.752 bits per heavy atom. The Labute approximate surface area is 711 Å². The summed E-state index contributed by atoms with van der Waals surface area (Å²) in [6.45, 7) is 31.4. The summed E-state index contributed by atoms with van der Waals surface area (Å²) in [6.07, 6.45) is 28.7. The van der Waals surface area contributed by atoms with Crippen molar-refractivity contribution in [1.29, 1.82) is 0 Å². The van der Waals surface area contributed by atoms with Gasteiger partial charge in [0.25, 0.3) is 22.6 Å². The molecule has 0 saturated heterocycles. The molecule has 4 aliphatic heterocycles. The molecule has 12 heterocycles. The zero-order valence-electron chi connectivity index (χ0n) is 73.0. The number of hydrogen-bond acceptors (Lipinski definition) is 0. The maximum Gasteiger partial charge on any atom is 0.295 e. The SMILES string of the molecule is CC(C)(C)c1ccc2c(c1)c1cccc3c1c1n2cc[n+]1C3.CC(C)Cc1cccc(CC(C)C)c1-c1c[n+]2c3c4c(cccc4c4ccccc4n13)C2.Cc1cccc(C)c1-c1c[n+]2c3c4c(cccc4c4cc(CC(C)(C)C)ccc4n13)C2.c1cc(C2CCCCC2)c(-c2c[n+]3c4c5c(cccc5c5ccccc5n24)C3)c(C2CCCCC2)c1. The normalized spacial score (nSPS) is 15.0. The highest BCUT2D eigenvalue weighted by Gasteiger charge is 2.39. The van der Waals surface area contributed by atoms with Crippen molar-refractivity contribution in [2.75, 3.05) is 0 Å². The molecule has 0 atom stereocenters. The minimum atomic E-state index is 0.170. The van der Waals surface area contributed by atoms with Crippen LogP contribution in [0.25, 0.3) is 143 Å². The fourth-order valence-electron chi connectivity index (χ4n) is 23.3. The molecule has 8 aromatic heterocycles. The van der Waals surface area contributed by atoms with E-state index in [2.05, 4.69) is 362 Å². The molecule has 0 bridgehead atoms. The highest BCUT2D eigenvalue weighted by atomic mass is 15.2. The lowest BCUT2D eigenvalue weighted by Crippen LogP contribution is -2.28. The fourth-order valence-corrected chi connectivity index (χ4v) is 23.3. The predicted octanol–water partition coefficient (Wildman–Crippen LogP) is 26.6. The van der Waals surface area contributed by atoms with Gasteiger partial charge in [-0.3, -0.25) is 0 Å². The number of pyridine rings is 4. The van der Waals surface area contributed by atoms with E-state index in [0.717, 1.165) is 45.4 Å². The first-order valence-electron chi connectivity index (χ1n) is 45.6. The standard InChI is InChI=1S/C34H35N2.C30H31N2.C29H29N2.C20H19N2/c1-3-11-23(12-4-1)26-17-10-18-27(24-13-5-2-6-14-24)33(26)31-22-35-21-25-15-9-19-29-28-16-7-8-20-30(28)36(31)34(35)32(25)29;1-19(2)15-21-9-7-10-22(16-20(3)4)28(21)27-18-31-17-23-11-8-13-25-24-12-5-6-14-26(24)32(27)30(31)29(23)25;1-18-8-6-9-19(2)26(18)25-17-30-16-21-10-7-11-22-23-14-20(15-29(3,4)5)12-13-24(23)31(25)28(30)27(21)22;1-20(2,3)14-7-8-17-16(11-14)15-6-4-5-13-12-21-9-10-22(17)19(21)18(13)15/h7-10,15-20,22-24H,1-6,11-14,21H2;5-14,18-20H,15-17H2,1-4H3;6-14,17H,15-16H2,1-5H3;4-11H,12H2,1-3H3/q4*+1. The number of imidazole rings is 4. The second-order valence-corrected chi connectivity index (χ2v) is 39.9. The lowest BCUT2D eigenvalue weighted by molar-refractivity contribution is -0.657. The maximum atomic E-state index is 2.64. The predicted molar refractivity (Wildman–Crippen MR) is 503 cm³/mol. The second-order valence-electron chi connectivity index (χ2n) is 39.9. The molecule has 8 nitrogen and oxygen atoms in total. The van der Waals surface area contributed by atoms with Gasteiger partial charge in [0, 0.05) is 82.0 Å². The Morgan fingerprint density at radius 1 is 0.355 bits per heavy atom. The van der Waals surface area contributed by atoms with Crippen LogP contribution in [0.1, 0.15) is 212 Å². The molecule has 8 heteroatoms. The number of para-hydroxylation sites is 2. The van der Waals surface area contributed by atoms with Crippen molar-refractivity contribution in [3.8, 4) is 33.8 Å². The number of fused-ring (bicyclic) bond motifs is 12. The summed E-state index contributed by atoms with van der Waals surface area (Å²) < 4.78 is 19.9. The van der Waals surface area contributed by atoms with Gasteiger partial charge in [-0.25, -0.2) is 18.3 Å². The van der Waals surface area contributed by atoms with Gasteiger partial charge in [-0.15, -0.1) is 0 Å². The Bertz CT molecular complexity index is 7420. The monoisotopic (exact) mass is 1580 g/mol. The summed E-state index contributed by atoms with van der Waals surface area (Å²) in [4.78, 5) is 0. The molecular formula is C113H114N8+4. The molecule has 6 aliphatic rings. The molecule has 2 aliphatic carbocycles. The second kappa shape index (κ2) is 29.0. The van der Waals surface area contributed by atoms with Gasteiger partial charge in [0.15, 0.2) is 17.1 Å². The number of aryl methyl sites for hydroxylation is 2. The Morgan fingerprint density at radius 3 is 1.23 bits per heavy atom. The third-order valence-corrected chi connectivity index (χ3v) is 28.3. The smallest absolute Gasteiger partial charge is 0.225 e. The number of benzene rings is 11. The molecule has 11 aromatic carbocycles. The largest absolute Gasteiger partial charge is 0.295 e. The quantitative estimate of drug-likeness (QED) is 0.0966. The number of nitrogens with zero attached hydrogens (tertiary/aromatic N) is 8. The van der Waals surface area contributed by atoms with Crippen LogP contribution in [0.2, 0.25) is 0 Å². The first-order valence-corrected chi connectivity index (χ1v) is 45.6. The molecule has 19 aromatic rings. The Kier molecular flexibility index (Phi) is 18.1. The minimum Gasteiger partial charge on any atom is -0.225 e. The molecule has 0 unspecified atom stereocenters. The van der Waals surface area contributed by atoms with Crippen LogP contribution in [0.4, 0.5) is 0 Å². The lowest BCUT2D eigenvalue weighted by Gasteiger charge is -2.29. The molecular weight excluding hydrogens is 1470 g/mol. The fraction of sp³-hybridized carbons (Fsp3) is 0.310. The Hall–Kier alpha value is -11.7. The zero-order valence-corrected chi connectivity index (χ0v) is 73.0. The van der Waals surface area contributed by atoms with E-state index in [4.69, 9.17) is 0 Å². The van der Waals surface area contributed by atoms with Crippen LogP contribution in [-0.4, -0.2) is 17.6 Å². The third kappa shape index (κ3) is 12.4. The van der Waals surface area contributed by atoms with Gasteiger partial charge in [0.1, 0.15) is 79.2 Å². The van der Waals surface area contributed by atoms with Crippen molar-refractivity contribution in [2.45, 2.75) is 210 Å². The molecule has 2 saturated carbocycles. The van der Waals surface area contributed by atoms with Crippen molar-refractivity contribution >= 4 is 109 Å². The first-order chi connectivity index (χ1) is 58.8. The van der Waals surface area contributed by atoms with E-state index in [1.54, 1.807) is 16.7 Å². The van der Waals surface area contributed by atoms with Gasteiger partial charge in [-0.05, 0) is 174 Å². The van der Waals surface area contributed by atoms with Gasteiger partial charge in [-0.2, -0.15) is 17.6 Å². The summed E-state index contributed by atoms with van der Waals surface area (Å²) in [5.41, 5.74) is 37.0. The summed E-state index contributed by atoms with van der Waals surface area (Å²) in [7, 11) is 0. The average Bonchev–Trinajstić information content (AvgIpc) is 1.53. The summed E-state index contributed by atoms with van der Waals surface area (Å²) in [5, 5.41) is 16.7. The third-order valence-electron chi connectivity index (χ3n) is 28.3. The molecule has 121 heavy (non-hydrogen) atoms. The Balaban J connectivity index is 0.0000000978. The van der Waals surface area contributed by atoms with Crippen molar-refractivity contribution in [2.24, 2.45) is 17.3 Å². The van der Waals surface area contributed by atoms with Gasteiger partial charge >= 0.3 is 0 Å². The maximum absolute atomic E-state index is 2.64. The molecule has 602 valence electrons. The summed E-state index contributed by atoms with van der Waals surface area (Å²) in [5.74, 6) is 2.64. The number of rotatable bonds is 10. The van der Waals surface area contributed by atoms with Crippen molar-refractivity contribution in [1.82, 2.24) is 17.6 Å². The first kappa shape index (κ1) is 75.5. The van der Waals surface area contributed by atoms with Crippen LogP contribution < -0.4 is 18.3 Å². The summed E-state index contributed by atoms with van der Waals surface area (Å²) in [6, 6.07) is 80.3. The highest BCUT2D eigenvalue weighted by Crippen LogP contribution is 2.49. The molecule has 2 fully saturated rings. The van der Waals surface area contributed by atoms with Crippen molar-refractivity contribution in [3.05, 3.63) is 310 Å². The van der Waals surface area contributed by atoms with E-state index in [9.17, 15) is 0 Å². The van der Waals surface area contributed by atoms with Crippen LogP contribution in [0.15, 0.2) is 243 Å². The highest BCUT2D eigenvalue weighted by molar-refractivity contribution is 6.17. The lowest BCUT2D eigenvalue weighted by atomic mass is 9.76. The number of hydrogen-bond donors (Lipinski definition) is 0. The van der Waals surface area contributed by atoms with Gasteiger partial charge in [0.2, 0.25) is 0 Å². The topological polar surface area (TPSA) is 33.2 Å². The average molecular weight is 1580 g/mol. The van der Waals surface area contributed by atoms with Crippen LogP contribution >= 0.6 is 0 Å². The van der Waals surface area contributed by atoms with E-state index in [0.29, 0.717) is 23.7 Å². The van der Waals surface area contributed by atoms with E-state index < -0.39 is 0 Å². The van der Waals surface area contributed by atoms with Crippen LogP contribution in [-0.2, 0) is 50.9 Å². The van der Waals surface area contributed by atoms with Gasteiger partial charge < -0.3 is 0 Å². The van der Waals surface area contributed by atoms with Crippen molar-refractivity contribution in [3.63, 3.8) is 0 Å². The van der Waals surface area contributed by atoms with Crippen LogP contribution in [0, 0.1) is 31.1 Å².